The van der Waals surface area contributed by atoms with Gasteiger partial charge in [0, 0.05) is 6.07 Å². The molecule has 0 spiro atoms. The molecule has 136 valence electrons. The molecule has 0 aliphatic heterocycles. The minimum absolute atomic E-state index is 0.141. The lowest BCUT2D eigenvalue weighted by molar-refractivity contribution is -0.383. The lowest BCUT2D eigenvalue weighted by Gasteiger charge is -2.15. The standard InChI is InChI=1S/C21H18N2O4/c1-15(21(24)22-19-9-5-6-10-20(19)23(25)26)27-18-13-11-17(12-14-18)16-7-3-2-4-8-16/h2-15H,1H3,(H,22,24)/t15-/m1/s1. The molecule has 6 nitrogen and oxygen atoms in total. The summed E-state index contributed by atoms with van der Waals surface area (Å²) in [5.74, 6) is 0.0799. The number of benzene rings is 3. The lowest BCUT2D eigenvalue weighted by atomic mass is 10.1. The highest BCUT2D eigenvalue weighted by Crippen LogP contribution is 2.25. The molecule has 0 aliphatic carbocycles. The first kappa shape index (κ1) is 18.1. The Morgan fingerprint density at radius 3 is 2.19 bits per heavy atom. The summed E-state index contributed by atoms with van der Waals surface area (Å²) >= 11 is 0. The Morgan fingerprint density at radius 2 is 1.52 bits per heavy atom. The summed E-state index contributed by atoms with van der Waals surface area (Å²) in [6.07, 6.45) is -0.813. The maximum Gasteiger partial charge on any atom is 0.292 e. The number of anilines is 1. The minimum atomic E-state index is -0.813. The molecule has 27 heavy (non-hydrogen) atoms. The van der Waals surface area contributed by atoms with Crippen molar-refractivity contribution < 1.29 is 14.5 Å². The Kier molecular flexibility index (Phi) is 5.47. The summed E-state index contributed by atoms with van der Waals surface area (Å²) in [7, 11) is 0. The number of nitro groups is 1. The number of hydrogen-bond acceptors (Lipinski definition) is 4. The van der Waals surface area contributed by atoms with Crippen LogP contribution in [0.2, 0.25) is 0 Å². The van der Waals surface area contributed by atoms with Crippen molar-refractivity contribution in [2.24, 2.45) is 0 Å². The van der Waals surface area contributed by atoms with Crippen molar-refractivity contribution in [3.63, 3.8) is 0 Å². The molecule has 0 aliphatic rings. The average molecular weight is 362 g/mol. The first-order chi connectivity index (χ1) is 13.0. The minimum Gasteiger partial charge on any atom is -0.481 e. The van der Waals surface area contributed by atoms with Gasteiger partial charge >= 0.3 is 0 Å². The fourth-order valence-corrected chi connectivity index (χ4v) is 2.59. The third-order valence-electron chi connectivity index (χ3n) is 4.00. The van der Waals surface area contributed by atoms with Crippen LogP contribution < -0.4 is 10.1 Å². The molecule has 0 bridgehead atoms. The number of nitrogens with zero attached hydrogens (tertiary/aromatic N) is 1. The summed E-state index contributed by atoms with van der Waals surface area (Å²) in [4.78, 5) is 22.8. The van der Waals surface area contributed by atoms with Gasteiger partial charge in [-0.2, -0.15) is 0 Å². The number of rotatable bonds is 6. The molecule has 0 saturated carbocycles. The zero-order valence-corrected chi connectivity index (χ0v) is 14.7. The molecule has 0 unspecified atom stereocenters. The molecule has 6 heteroatoms. The van der Waals surface area contributed by atoms with Crippen molar-refractivity contribution in [2.45, 2.75) is 13.0 Å². The van der Waals surface area contributed by atoms with E-state index in [4.69, 9.17) is 4.74 Å². The Balaban J connectivity index is 1.66. The number of ether oxygens (including phenoxy) is 1. The zero-order chi connectivity index (χ0) is 19.2. The van der Waals surface area contributed by atoms with Gasteiger partial charge in [-0.05, 0) is 36.2 Å². The Hall–Kier alpha value is -3.67. The smallest absolute Gasteiger partial charge is 0.292 e. The van der Waals surface area contributed by atoms with Crippen LogP contribution in [-0.4, -0.2) is 16.9 Å². The van der Waals surface area contributed by atoms with Gasteiger partial charge in [-0.1, -0.05) is 54.6 Å². The van der Waals surface area contributed by atoms with Crippen molar-refractivity contribution in [3.8, 4) is 16.9 Å². The number of carbonyl (C=O) groups excluding carboxylic acids is 1. The second-order valence-electron chi connectivity index (χ2n) is 5.91. The number of amides is 1. The van der Waals surface area contributed by atoms with E-state index in [1.165, 1.54) is 12.1 Å². The third kappa shape index (κ3) is 4.49. The predicted octanol–water partition coefficient (Wildman–Crippen LogP) is 4.67. The maximum absolute atomic E-state index is 12.3. The van der Waals surface area contributed by atoms with E-state index < -0.39 is 16.9 Å². The summed E-state index contributed by atoms with van der Waals surface area (Å²) in [5.41, 5.74) is 2.11. The number of carbonyl (C=O) groups is 1. The second kappa shape index (κ2) is 8.14. The van der Waals surface area contributed by atoms with Gasteiger partial charge in [0.25, 0.3) is 11.6 Å². The highest BCUT2D eigenvalue weighted by molar-refractivity contribution is 5.96. The summed E-state index contributed by atoms with van der Waals surface area (Å²) < 4.78 is 5.66. The van der Waals surface area contributed by atoms with Crippen molar-refractivity contribution in [2.75, 3.05) is 5.32 Å². The van der Waals surface area contributed by atoms with Crippen LogP contribution in [0.25, 0.3) is 11.1 Å². The number of hydrogen-bond donors (Lipinski definition) is 1. The number of nitrogens with one attached hydrogen (secondary N) is 1. The molecule has 3 aromatic carbocycles. The highest BCUT2D eigenvalue weighted by atomic mass is 16.6. The SMILES string of the molecule is C[C@@H](Oc1ccc(-c2ccccc2)cc1)C(=O)Nc1ccccc1[N+](=O)[O-]. The molecule has 3 rings (SSSR count). The first-order valence-corrected chi connectivity index (χ1v) is 8.41. The van der Waals surface area contributed by atoms with Gasteiger partial charge in [-0.3, -0.25) is 14.9 Å². The molecule has 1 N–H and O–H groups in total. The summed E-state index contributed by atoms with van der Waals surface area (Å²) in [6.45, 7) is 1.59. The van der Waals surface area contributed by atoms with Crippen LogP contribution in [0.15, 0.2) is 78.9 Å². The first-order valence-electron chi connectivity index (χ1n) is 8.41. The third-order valence-corrected chi connectivity index (χ3v) is 4.00. The van der Waals surface area contributed by atoms with E-state index in [9.17, 15) is 14.9 Å². The van der Waals surface area contributed by atoms with E-state index in [1.54, 1.807) is 31.2 Å². The normalized spacial score (nSPS) is 11.4. The summed E-state index contributed by atoms with van der Waals surface area (Å²) in [5, 5.41) is 13.6. The van der Waals surface area contributed by atoms with Gasteiger partial charge in [0.1, 0.15) is 11.4 Å². The molecular weight excluding hydrogens is 344 g/mol. The van der Waals surface area contributed by atoms with E-state index in [0.717, 1.165) is 11.1 Å². The fraction of sp³-hybridized carbons (Fsp3) is 0.0952. The van der Waals surface area contributed by atoms with Crippen LogP contribution in [0.3, 0.4) is 0 Å². The van der Waals surface area contributed by atoms with Crippen molar-refractivity contribution in [1.82, 2.24) is 0 Å². The number of nitro benzene ring substituents is 1. The Morgan fingerprint density at radius 1 is 0.926 bits per heavy atom. The Labute approximate surface area is 156 Å². The molecule has 1 atom stereocenters. The fourth-order valence-electron chi connectivity index (χ4n) is 2.59. The van der Waals surface area contributed by atoms with E-state index >= 15 is 0 Å². The second-order valence-corrected chi connectivity index (χ2v) is 5.91. The molecule has 0 radical (unpaired) electrons. The van der Waals surface area contributed by atoms with Gasteiger partial charge < -0.3 is 10.1 Å². The van der Waals surface area contributed by atoms with E-state index in [1.807, 2.05) is 42.5 Å². The van der Waals surface area contributed by atoms with E-state index in [2.05, 4.69) is 5.32 Å². The molecule has 0 heterocycles. The lowest BCUT2D eigenvalue weighted by Crippen LogP contribution is -2.30. The van der Waals surface area contributed by atoms with Crippen LogP contribution in [0, 0.1) is 10.1 Å². The largest absolute Gasteiger partial charge is 0.481 e. The van der Waals surface area contributed by atoms with Crippen LogP contribution in [0.4, 0.5) is 11.4 Å². The van der Waals surface area contributed by atoms with Gasteiger partial charge in [-0.25, -0.2) is 0 Å². The van der Waals surface area contributed by atoms with Gasteiger partial charge in [-0.15, -0.1) is 0 Å². The van der Waals surface area contributed by atoms with Crippen LogP contribution in [0.1, 0.15) is 6.92 Å². The highest BCUT2D eigenvalue weighted by Gasteiger charge is 2.19. The maximum atomic E-state index is 12.3. The molecule has 0 fully saturated rings. The number of para-hydroxylation sites is 2. The topological polar surface area (TPSA) is 81.5 Å². The van der Waals surface area contributed by atoms with Gasteiger partial charge in [0.2, 0.25) is 0 Å². The summed E-state index contributed by atoms with van der Waals surface area (Å²) in [6, 6.07) is 23.3. The molecule has 0 saturated heterocycles. The van der Waals surface area contributed by atoms with Crippen LogP contribution >= 0.6 is 0 Å². The van der Waals surface area contributed by atoms with Crippen LogP contribution in [0.5, 0.6) is 5.75 Å². The zero-order valence-electron chi connectivity index (χ0n) is 14.7. The Bertz CT molecular complexity index is 940. The van der Waals surface area contributed by atoms with Crippen LogP contribution in [-0.2, 0) is 4.79 Å². The monoisotopic (exact) mass is 362 g/mol. The van der Waals surface area contributed by atoms with E-state index in [-0.39, 0.29) is 11.4 Å². The predicted molar refractivity (Wildman–Crippen MR) is 104 cm³/mol. The van der Waals surface area contributed by atoms with Gasteiger partial charge in [0.05, 0.1) is 4.92 Å². The quantitative estimate of drug-likeness (QED) is 0.510. The van der Waals surface area contributed by atoms with Crippen molar-refractivity contribution in [3.05, 3.63) is 89.0 Å². The molecular formula is C21H18N2O4. The molecule has 1 amide bonds. The molecule has 3 aromatic rings. The average Bonchev–Trinajstić information content (AvgIpc) is 2.69. The molecule has 0 aromatic heterocycles. The van der Waals surface area contributed by atoms with Gasteiger partial charge in [0.15, 0.2) is 6.10 Å². The van der Waals surface area contributed by atoms with Crippen molar-refractivity contribution in [1.29, 1.82) is 0 Å². The van der Waals surface area contributed by atoms with Crippen molar-refractivity contribution >= 4 is 17.3 Å². The van der Waals surface area contributed by atoms with E-state index in [0.29, 0.717) is 5.75 Å².